The Labute approximate surface area is 129 Å². The van der Waals surface area contributed by atoms with Gasteiger partial charge in [0.05, 0.1) is 0 Å². The van der Waals surface area contributed by atoms with E-state index >= 15 is 0 Å². The molecule has 0 aromatic carbocycles. The fourth-order valence-electron chi connectivity index (χ4n) is 3.45. The first-order chi connectivity index (χ1) is 9.45. The van der Waals surface area contributed by atoms with Gasteiger partial charge in [-0.2, -0.15) is 10.6 Å². The van der Waals surface area contributed by atoms with Crippen LogP contribution < -0.4 is 0 Å². The van der Waals surface area contributed by atoms with Crippen molar-refractivity contribution >= 4 is 28.0 Å². The summed E-state index contributed by atoms with van der Waals surface area (Å²) in [5, 5.41) is 0.971. The van der Waals surface area contributed by atoms with Crippen LogP contribution in [-0.4, -0.2) is 11.8 Å². The highest BCUT2D eigenvalue weighted by Gasteiger charge is 2.16. The second-order valence-electron chi connectivity index (χ2n) is 6.56. The highest BCUT2D eigenvalue weighted by atomic mass is 33.1. The molecule has 2 rings (SSSR count). The molecule has 110 valence electrons. The average Bonchev–Trinajstić information content (AvgIpc) is 2.33. The molecule has 0 aliphatic heterocycles. The lowest BCUT2D eigenvalue weighted by atomic mass is 9.76. The van der Waals surface area contributed by atoms with Crippen molar-refractivity contribution in [2.24, 2.45) is 0 Å². The minimum Gasteiger partial charge on any atom is -0.150 e. The minimum atomic E-state index is 0.971. The summed E-state index contributed by atoms with van der Waals surface area (Å²) in [4.78, 5) is 0. The zero-order chi connectivity index (χ0) is 13.2. The van der Waals surface area contributed by atoms with E-state index in [-0.39, 0.29) is 0 Å². The first kappa shape index (κ1) is 16.1. The summed E-state index contributed by atoms with van der Waals surface area (Å²) in [6, 6.07) is 0. The molecule has 19 heavy (non-hydrogen) atoms. The summed E-state index contributed by atoms with van der Waals surface area (Å²) in [5.41, 5.74) is 0. The molecule has 3 heteroatoms. The van der Waals surface area contributed by atoms with Crippen molar-refractivity contribution < 1.29 is 0 Å². The van der Waals surface area contributed by atoms with E-state index in [1.807, 2.05) is 0 Å². The van der Waals surface area contributed by atoms with Crippen molar-refractivity contribution in [2.75, 3.05) is 0 Å². The Balaban J connectivity index is 1.58. The molecule has 2 aliphatic carbocycles. The zero-order valence-electron chi connectivity index (χ0n) is 12.6. The lowest BCUT2D eigenvalue weighted by molar-refractivity contribution is 0.503. The molecule has 2 fully saturated rings. The van der Waals surface area contributed by atoms with E-state index in [9.17, 15) is 0 Å². The zero-order valence-corrected chi connectivity index (χ0v) is 14.2. The Bertz CT molecular complexity index is 185. The standard InChI is InChI=1S/C16H31BS2/c1-3-7-11-15(12-8-4-1)17-19-18-16-13-9-5-2-6-10-14-16/h15-17H,1-14H2. The molecule has 0 spiro atoms. The third-order valence-electron chi connectivity index (χ3n) is 4.78. The molecule has 0 aromatic heterocycles. The Morgan fingerprint density at radius 3 is 1.63 bits per heavy atom. The largest absolute Gasteiger partial charge is 0.209 e. The van der Waals surface area contributed by atoms with Gasteiger partial charge in [0.2, 0.25) is 6.56 Å². The number of rotatable bonds is 4. The van der Waals surface area contributed by atoms with Gasteiger partial charge in [0.1, 0.15) is 0 Å². The summed E-state index contributed by atoms with van der Waals surface area (Å²) < 4.78 is 0. The van der Waals surface area contributed by atoms with E-state index in [1.165, 1.54) is 96.4 Å². The third kappa shape index (κ3) is 7.36. The van der Waals surface area contributed by atoms with E-state index in [4.69, 9.17) is 0 Å². The van der Waals surface area contributed by atoms with Crippen LogP contribution in [0.15, 0.2) is 0 Å². The first-order valence-corrected chi connectivity index (χ1v) is 11.1. The number of hydrogen-bond acceptors (Lipinski definition) is 2. The summed E-state index contributed by atoms with van der Waals surface area (Å²) in [7, 11) is 4.46. The second kappa shape index (κ2) is 10.5. The van der Waals surface area contributed by atoms with Crippen molar-refractivity contribution in [2.45, 2.75) is 101 Å². The van der Waals surface area contributed by atoms with Gasteiger partial charge in [0, 0.05) is 5.25 Å². The van der Waals surface area contributed by atoms with Crippen LogP contribution in [0.5, 0.6) is 0 Å². The molecule has 0 N–H and O–H groups in total. The van der Waals surface area contributed by atoms with Crippen LogP contribution in [0.4, 0.5) is 0 Å². The lowest BCUT2D eigenvalue weighted by Gasteiger charge is -2.21. The Hall–Kier alpha value is 0.765. The molecule has 0 saturated heterocycles. The Morgan fingerprint density at radius 2 is 1.05 bits per heavy atom. The maximum Gasteiger partial charge on any atom is 0.209 e. The Kier molecular flexibility index (Phi) is 8.91. The third-order valence-corrected chi connectivity index (χ3v) is 7.90. The maximum absolute atomic E-state index is 2.24. The summed E-state index contributed by atoms with van der Waals surface area (Å²) >= 11 is 0. The van der Waals surface area contributed by atoms with Crippen LogP contribution in [0.25, 0.3) is 0 Å². The highest BCUT2D eigenvalue weighted by Crippen LogP contribution is 2.38. The monoisotopic (exact) mass is 298 g/mol. The van der Waals surface area contributed by atoms with Crippen LogP contribution in [-0.2, 0) is 0 Å². The van der Waals surface area contributed by atoms with Crippen LogP contribution in [0, 0.1) is 0 Å². The maximum atomic E-state index is 2.24. The van der Waals surface area contributed by atoms with Gasteiger partial charge < -0.3 is 0 Å². The van der Waals surface area contributed by atoms with Gasteiger partial charge in [-0.1, -0.05) is 82.9 Å². The van der Waals surface area contributed by atoms with Gasteiger partial charge in [-0.15, -0.1) is 10.8 Å². The normalized spacial score (nSPS) is 25.1. The SMILES string of the molecule is B(SSC1CCCCCCC1)C1CCCCCCC1. The minimum absolute atomic E-state index is 0.971. The fraction of sp³-hybridized carbons (Fsp3) is 1.00. The molecule has 0 atom stereocenters. The van der Waals surface area contributed by atoms with Gasteiger partial charge in [-0.3, -0.25) is 0 Å². The lowest BCUT2D eigenvalue weighted by Crippen LogP contribution is -2.06. The molecule has 0 bridgehead atoms. The molecule has 0 heterocycles. The number of hydrogen-bond donors (Lipinski definition) is 0. The average molecular weight is 298 g/mol. The predicted octanol–water partition coefficient (Wildman–Crippen LogP) is 6.37. The van der Waals surface area contributed by atoms with E-state index in [0.717, 1.165) is 11.1 Å². The van der Waals surface area contributed by atoms with Crippen LogP contribution >= 0.6 is 21.4 Å². The van der Waals surface area contributed by atoms with Crippen LogP contribution in [0.3, 0.4) is 0 Å². The fourth-order valence-corrected chi connectivity index (χ4v) is 6.74. The van der Waals surface area contributed by atoms with Gasteiger partial charge in [0.25, 0.3) is 0 Å². The highest BCUT2D eigenvalue weighted by molar-refractivity contribution is 8.85. The van der Waals surface area contributed by atoms with Crippen LogP contribution in [0.2, 0.25) is 5.82 Å². The molecule has 0 radical (unpaired) electrons. The summed E-state index contributed by atoms with van der Waals surface area (Å²) in [6.45, 7) is 1.43. The van der Waals surface area contributed by atoms with E-state index in [2.05, 4.69) is 21.4 Å². The van der Waals surface area contributed by atoms with E-state index < -0.39 is 0 Å². The molecule has 0 nitrogen and oxygen atoms in total. The van der Waals surface area contributed by atoms with Crippen LogP contribution in [0.1, 0.15) is 89.9 Å². The molecule has 0 amide bonds. The van der Waals surface area contributed by atoms with Crippen molar-refractivity contribution in [3.05, 3.63) is 0 Å². The predicted molar refractivity (Wildman–Crippen MR) is 94.5 cm³/mol. The van der Waals surface area contributed by atoms with Crippen molar-refractivity contribution in [1.29, 1.82) is 0 Å². The molecule has 2 saturated carbocycles. The van der Waals surface area contributed by atoms with Crippen molar-refractivity contribution in [1.82, 2.24) is 0 Å². The molecule has 0 aromatic rings. The molecular formula is C16H31BS2. The molecule has 0 unspecified atom stereocenters. The van der Waals surface area contributed by atoms with E-state index in [0.29, 0.717) is 0 Å². The summed E-state index contributed by atoms with van der Waals surface area (Å²) in [5.74, 6) is 1.03. The van der Waals surface area contributed by atoms with Gasteiger partial charge in [-0.05, 0) is 12.8 Å². The van der Waals surface area contributed by atoms with Crippen molar-refractivity contribution in [3.63, 3.8) is 0 Å². The Morgan fingerprint density at radius 1 is 0.579 bits per heavy atom. The van der Waals surface area contributed by atoms with Crippen molar-refractivity contribution in [3.8, 4) is 0 Å². The molecule has 2 aliphatic rings. The van der Waals surface area contributed by atoms with Gasteiger partial charge in [-0.25, -0.2) is 0 Å². The van der Waals surface area contributed by atoms with Gasteiger partial charge >= 0.3 is 0 Å². The first-order valence-electron chi connectivity index (χ1n) is 8.73. The topological polar surface area (TPSA) is 0 Å². The smallest absolute Gasteiger partial charge is 0.150 e. The summed E-state index contributed by atoms with van der Waals surface area (Å²) in [6.07, 6.45) is 20.9. The van der Waals surface area contributed by atoms with Gasteiger partial charge in [0.15, 0.2) is 0 Å². The second-order valence-corrected chi connectivity index (χ2v) is 9.27. The molecular weight excluding hydrogens is 267 g/mol. The van der Waals surface area contributed by atoms with E-state index in [1.54, 1.807) is 0 Å². The quantitative estimate of drug-likeness (QED) is 0.437.